The van der Waals surface area contributed by atoms with Gasteiger partial charge in [-0.15, -0.1) is 10.2 Å². The molecule has 8 heteroatoms. The third kappa shape index (κ3) is 3.48. The fraction of sp³-hybridized carbons (Fsp3) is 0.133. The lowest BCUT2D eigenvalue weighted by Crippen LogP contribution is -1.93. The summed E-state index contributed by atoms with van der Waals surface area (Å²) in [7, 11) is 0. The molecule has 0 N–H and O–H groups in total. The molecular weight excluding hydrogens is 384 g/mol. The van der Waals surface area contributed by atoms with E-state index in [0.717, 1.165) is 17.3 Å². The number of hydrogen-bond donors (Lipinski definition) is 0. The fourth-order valence-electron chi connectivity index (χ4n) is 1.86. The van der Waals surface area contributed by atoms with Crippen LogP contribution in [0.5, 0.6) is 5.75 Å². The van der Waals surface area contributed by atoms with Crippen LogP contribution in [0.3, 0.4) is 0 Å². The number of furan rings is 1. The molecule has 0 spiro atoms. The number of carbonyl (C=O) groups is 1. The standard InChI is InChI=1S/C15H11BrN2O4S/c1-2-20-12-6-4-3-5-10(12)13-17-18-15(22-13)23-14-11(16)7-9(8-19)21-14/h3-8H,2H2,1H3. The monoisotopic (exact) mass is 394 g/mol. The molecule has 2 heterocycles. The Labute approximate surface area is 144 Å². The first-order chi connectivity index (χ1) is 11.2. The van der Waals surface area contributed by atoms with Gasteiger partial charge in [-0.1, -0.05) is 12.1 Å². The first-order valence-corrected chi connectivity index (χ1v) is 8.30. The van der Waals surface area contributed by atoms with E-state index in [9.17, 15) is 4.79 Å². The van der Waals surface area contributed by atoms with Crippen LogP contribution in [0.2, 0.25) is 0 Å². The van der Waals surface area contributed by atoms with Crippen molar-refractivity contribution in [1.82, 2.24) is 10.2 Å². The Kier molecular flexibility index (Phi) is 4.82. The zero-order chi connectivity index (χ0) is 16.2. The van der Waals surface area contributed by atoms with Gasteiger partial charge in [0.15, 0.2) is 17.1 Å². The summed E-state index contributed by atoms with van der Waals surface area (Å²) in [6, 6.07) is 9.02. The number of nitrogens with zero attached hydrogens (tertiary/aromatic N) is 2. The van der Waals surface area contributed by atoms with E-state index in [1.54, 1.807) is 6.07 Å². The lowest BCUT2D eigenvalue weighted by atomic mass is 10.2. The molecule has 118 valence electrons. The molecule has 0 radical (unpaired) electrons. The molecular formula is C15H11BrN2O4S. The zero-order valence-electron chi connectivity index (χ0n) is 12.0. The molecule has 2 aromatic heterocycles. The van der Waals surface area contributed by atoms with Crippen molar-refractivity contribution in [3.05, 3.63) is 40.6 Å². The van der Waals surface area contributed by atoms with Crippen molar-refractivity contribution in [3.8, 4) is 17.2 Å². The molecule has 1 aromatic carbocycles. The fourth-order valence-corrected chi connectivity index (χ4v) is 3.07. The molecule has 0 amide bonds. The van der Waals surface area contributed by atoms with E-state index in [4.69, 9.17) is 13.6 Å². The van der Waals surface area contributed by atoms with E-state index in [-0.39, 0.29) is 5.76 Å². The molecule has 0 saturated heterocycles. The Hall–Kier alpha value is -2.06. The van der Waals surface area contributed by atoms with Crippen LogP contribution in [0.25, 0.3) is 11.5 Å². The first kappa shape index (κ1) is 15.8. The van der Waals surface area contributed by atoms with E-state index >= 15 is 0 Å². The molecule has 0 unspecified atom stereocenters. The molecule has 0 aliphatic heterocycles. The lowest BCUT2D eigenvalue weighted by Gasteiger charge is -2.05. The van der Waals surface area contributed by atoms with E-state index in [1.807, 2.05) is 31.2 Å². The molecule has 0 fully saturated rings. The van der Waals surface area contributed by atoms with Crippen molar-refractivity contribution >= 4 is 34.0 Å². The molecule has 0 saturated carbocycles. The number of hydrogen-bond acceptors (Lipinski definition) is 7. The van der Waals surface area contributed by atoms with Gasteiger partial charge in [0.05, 0.1) is 16.6 Å². The molecule has 6 nitrogen and oxygen atoms in total. The van der Waals surface area contributed by atoms with Crippen LogP contribution in [-0.2, 0) is 0 Å². The van der Waals surface area contributed by atoms with Crippen LogP contribution in [0.1, 0.15) is 17.5 Å². The van der Waals surface area contributed by atoms with Crippen molar-refractivity contribution in [2.24, 2.45) is 0 Å². The zero-order valence-corrected chi connectivity index (χ0v) is 14.4. The summed E-state index contributed by atoms with van der Waals surface area (Å²) >= 11 is 4.45. The maximum Gasteiger partial charge on any atom is 0.284 e. The topological polar surface area (TPSA) is 78.4 Å². The second-order valence-corrected chi connectivity index (χ2v) is 6.08. The Morgan fingerprint density at radius 1 is 1.30 bits per heavy atom. The van der Waals surface area contributed by atoms with Gasteiger partial charge in [0.1, 0.15) is 5.75 Å². The average Bonchev–Trinajstić information content (AvgIpc) is 3.16. The lowest BCUT2D eigenvalue weighted by molar-refractivity contribution is 0.109. The van der Waals surface area contributed by atoms with Gasteiger partial charge in [0, 0.05) is 17.8 Å². The smallest absolute Gasteiger partial charge is 0.284 e. The van der Waals surface area contributed by atoms with E-state index in [0.29, 0.717) is 39.3 Å². The van der Waals surface area contributed by atoms with E-state index in [1.165, 1.54) is 0 Å². The van der Waals surface area contributed by atoms with Crippen molar-refractivity contribution in [2.45, 2.75) is 17.2 Å². The van der Waals surface area contributed by atoms with Crippen molar-refractivity contribution in [3.63, 3.8) is 0 Å². The van der Waals surface area contributed by atoms with Gasteiger partial charge < -0.3 is 13.6 Å². The Balaban J connectivity index is 1.86. The molecule has 0 bridgehead atoms. The normalized spacial score (nSPS) is 10.7. The summed E-state index contributed by atoms with van der Waals surface area (Å²) in [5, 5.41) is 8.80. The van der Waals surface area contributed by atoms with Crippen LogP contribution in [-0.4, -0.2) is 23.1 Å². The Bertz CT molecular complexity index is 831. The minimum atomic E-state index is 0.223. The molecule has 0 atom stereocenters. The molecule has 3 rings (SSSR count). The van der Waals surface area contributed by atoms with Crippen LogP contribution in [0.4, 0.5) is 0 Å². The summed E-state index contributed by atoms with van der Waals surface area (Å²) in [6.07, 6.45) is 0.631. The van der Waals surface area contributed by atoms with Crippen LogP contribution in [0, 0.1) is 0 Å². The maximum atomic E-state index is 10.7. The number of aromatic nitrogens is 2. The second-order valence-electron chi connectivity index (χ2n) is 4.31. The largest absolute Gasteiger partial charge is 0.493 e. The first-order valence-electron chi connectivity index (χ1n) is 6.69. The summed E-state index contributed by atoms with van der Waals surface area (Å²) in [4.78, 5) is 10.7. The second kappa shape index (κ2) is 7.01. The summed E-state index contributed by atoms with van der Waals surface area (Å²) < 4.78 is 17.2. The number of ether oxygens (including phenoxy) is 1. The molecule has 0 aliphatic carbocycles. The third-order valence-corrected chi connectivity index (χ3v) is 4.47. The number of benzene rings is 1. The van der Waals surface area contributed by atoms with Gasteiger partial charge >= 0.3 is 0 Å². The van der Waals surface area contributed by atoms with Gasteiger partial charge in [0.25, 0.3) is 11.1 Å². The number of para-hydroxylation sites is 1. The predicted octanol–water partition coefficient (Wildman–Crippen LogP) is 4.45. The van der Waals surface area contributed by atoms with Crippen LogP contribution < -0.4 is 4.74 Å². The highest BCUT2D eigenvalue weighted by Crippen LogP contribution is 2.37. The van der Waals surface area contributed by atoms with E-state index in [2.05, 4.69) is 26.1 Å². The molecule has 0 aliphatic rings. The number of carbonyl (C=O) groups excluding carboxylic acids is 1. The highest BCUT2D eigenvalue weighted by Gasteiger charge is 2.17. The maximum absolute atomic E-state index is 10.7. The average molecular weight is 395 g/mol. The SMILES string of the molecule is CCOc1ccccc1-c1nnc(Sc2oc(C=O)cc2Br)o1. The van der Waals surface area contributed by atoms with Gasteiger partial charge in [-0.2, -0.15) is 0 Å². The van der Waals surface area contributed by atoms with Gasteiger partial charge in [-0.05, 0) is 35.0 Å². The van der Waals surface area contributed by atoms with Crippen molar-refractivity contribution < 1.29 is 18.4 Å². The minimum Gasteiger partial charge on any atom is -0.493 e. The molecule has 23 heavy (non-hydrogen) atoms. The predicted molar refractivity (Wildman–Crippen MR) is 86.8 cm³/mol. The quantitative estimate of drug-likeness (QED) is 0.571. The highest BCUT2D eigenvalue weighted by atomic mass is 79.9. The van der Waals surface area contributed by atoms with Crippen molar-refractivity contribution in [2.75, 3.05) is 6.61 Å². The Morgan fingerprint density at radius 3 is 2.87 bits per heavy atom. The van der Waals surface area contributed by atoms with Gasteiger partial charge in [-0.3, -0.25) is 4.79 Å². The highest BCUT2D eigenvalue weighted by molar-refractivity contribution is 9.10. The minimum absolute atomic E-state index is 0.223. The van der Waals surface area contributed by atoms with Crippen LogP contribution in [0.15, 0.2) is 54.0 Å². The third-order valence-electron chi connectivity index (χ3n) is 2.79. The van der Waals surface area contributed by atoms with Gasteiger partial charge in [0.2, 0.25) is 0 Å². The number of aldehydes is 1. The molecule has 3 aromatic rings. The summed E-state index contributed by atoms with van der Waals surface area (Å²) in [5.74, 6) is 1.26. The van der Waals surface area contributed by atoms with Crippen molar-refractivity contribution in [1.29, 1.82) is 0 Å². The number of halogens is 1. The van der Waals surface area contributed by atoms with Crippen LogP contribution >= 0.6 is 27.7 Å². The number of rotatable bonds is 6. The summed E-state index contributed by atoms with van der Waals surface area (Å²) in [6.45, 7) is 2.45. The van der Waals surface area contributed by atoms with E-state index < -0.39 is 0 Å². The summed E-state index contributed by atoms with van der Waals surface area (Å²) in [5.41, 5.74) is 0.723. The Morgan fingerprint density at radius 2 is 2.13 bits per heavy atom. The van der Waals surface area contributed by atoms with Gasteiger partial charge in [-0.25, -0.2) is 0 Å².